The summed E-state index contributed by atoms with van der Waals surface area (Å²) in [6, 6.07) is 12.2. The molecule has 1 N–H and O–H groups in total. The van der Waals surface area contributed by atoms with Crippen LogP contribution in [0.1, 0.15) is 25.1 Å². The highest BCUT2D eigenvalue weighted by Crippen LogP contribution is 2.24. The monoisotopic (exact) mass is 302 g/mol. The minimum Gasteiger partial charge on any atom is -0.439 e. The standard InChI is InChI=1S/C17H22N2OS/c1-4-14-10-13(12-18-5-2)11-17(19-14)20-15-6-8-16(21-3)9-7-15/h6-11,18H,4-5,12H2,1-3H3. The van der Waals surface area contributed by atoms with E-state index in [1.807, 2.05) is 18.2 Å². The first kappa shape index (κ1) is 15.9. The molecule has 0 saturated heterocycles. The molecule has 1 aromatic heterocycles. The topological polar surface area (TPSA) is 34.2 Å². The van der Waals surface area contributed by atoms with Crippen molar-refractivity contribution in [2.45, 2.75) is 31.7 Å². The van der Waals surface area contributed by atoms with Gasteiger partial charge in [-0.15, -0.1) is 11.8 Å². The molecule has 0 unspecified atom stereocenters. The van der Waals surface area contributed by atoms with Gasteiger partial charge in [-0.3, -0.25) is 0 Å². The molecule has 0 amide bonds. The summed E-state index contributed by atoms with van der Waals surface area (Å²) in [6.07, 6.45) is 2.97. The molecule has 4 heteroatoms. The average molecular weight is 302 g/mol. The highest BCUT2D eigenvalue weighted by Gasteiger charge is 2.04. The van der Waals surface area contributed by atoms with E-state index in [2.05, 4.69) is 48.6 Å². The van der Waals surface area contributed by atoms with Crippen molar-refractivity contribution in [3.8, 4) is 11.6 Å². The van der Waals surface area contributed by atoms with Crippen molar-refractivity contribution in [1.29, 1.82) is 0 Å². The van der Waals surface area contributed by atoms with Gasteiger partial charge in [0, 0.05) is 23.2 Å². The summed E-state index contributed by atoms with van der Waals surface area (Å²) in [4.78, 5) is 5.77. The Morgan fingerprint density at radius 3 is 2.52 bits per heavy atom. The lowest BCUT2D eigenvalue weighted by molar-refractivity contribution is 0.459. The van der Waals surface area contributed by atoms with Crippen LogP contribution in [0.15, 0.2) is 41.3 Å². The van der Waals surface area contributed by atoms with E-state index in [1.54, 1.807) is 11.8 Å². The molecule has 0 atom stereocenters. The second kappa shape index (κ2) is 8.05. The number of ether oxygens (including phenoxy) is 1. The zero-order valence-corrected chi connectivity index (χ0v) is 13.7. The fourth-order valence-corrected chi connectivity index (χ4v) is 2.40. The van der Waals surface area contributed by atoms with Gasteiger partial charge in [0.1, 0.15) is 5.75 Å². The molecule has 21 heavy (non-hydrogen) atoms. The molecule has 0 bridgehead atoms. The summed E-state index contributed by atoms with van der Waals surface area (Å²) in [5, 5.41) is 3.34. The SMILES string of the molecule is CCNCc1cc(CC)nc(Oc2ccc(SC)cc2)c1. The molecular formula is C17H22N2OS. The molecule has 0 spiro atoms. The molecule has 0 aliphatic heterocycles. The van der Waals surface area contributed by atoms with Crippen molar-refractivity contribution in [2.24, 2.45) is 0 Å². The van der Waals surface area contributed by atoms with E-state index in [-0.39, 0.29) is 0 Å². The summed E-state index contributed by atoms with van der Waals surface area (Å²) in [6.45, 7) is 6.01. The smallest absolute Gasteiger partial charge is 0.219 e. The Balaban J connectivity index is 2.16. The summed E-state index contributed by atoms with van der Waals surface area (Å²) in [5.41, 5.74) is 2.26. The van der Waals surface area contributed by atoms with E-state index in [1.165, 1.54) is 10.5 Å². The number of nitrogens with zero attached hydrogens (tertiary/aromatic N) is 1. The number of thioether (sulfide) groups is 1. The van der Waals surface area contributed by atoms with E-state index in [4.69, 9.17) is 4.74 Å². The lowest BCUT2D eigenvalue weighted by Gasteiger charge is -2.10. The van der Waals surface area contributed by atoms with Crippen LogP contribution in [0.2, 0.25) is 0 Å². The van der Waals surface area contributed by atoms with Crippen LogP contribution in [0, 0.1) is 0 Å². The number of rotatable bonds is 7. The maximum Gasteiger partial charge on any atom is 0.219 e. The normalized spacial score (nSPS) is 10.6. The number of pyridine rings is 1. The predicted octanol–water partition coefficient (Wildman–Crippen LogP) is 4.27. The van der Waals surface area contributed by atoms with Crippen LogP contribution in [-0.2, 0) is 13.0 Å². The molecule has 1 heterocycles. The maximum absolute atomic E-state index is 5.89. The highest BCUT2D eigenvalue weighted by molar-refractivity contribution is 7.98. The number of aryl methyl sites for hydroxylation is 1. The van der Waals surface area contributed by atoms with Crippen molar-refractivity contribution in [2.75, 3.05) is 12.8 Å². The van der Waals surface area contributed by atoms with E-state index in [0.29, 0.717) is 5.88 Å². The Bertz CT molecular complexity index is 570. The molecule has 112 valence electrons. The molecule has 0 aliphatic rings. The van der Waals surface area contributed by atoms with Gasteiger partial charge in [-0.1, -0.05) is 13.8 Å². The number of hydrogen-bond acceptors (Lipinski definition) is 4. The summed E-state index contributed by atoms with van der Waals surface area (Å²) < 4.78 is 5.89. The van der Waals surface area contributed by atoms with Crippen molar-refractivity contribution in [3.63, 3.8) is 0 Å². The van der Waals surface area contributed by atoms with Crippen LogP contribution in [-0.4, -0.2) is 17.8 Å². The van der Waals surface area contributed by atoms with Crippen LogP contribution >= 0.6 is 11.8 Å². The van der Waals surface area contributed by atoms with Crippen LogP contribution in [0.25, 0.3) is 0 Å². The molecule has 1 aromatic carbocycles. The van der Waals surface area contributed by atoms with Gasteiger partial charge in [0.05, 0.1) is 0 Å². The molecule has 0 radical (unpaired) electrons. The van der Waals surface area contributed by atoms with Crippen molar-refractivity contribution >= 4 is 11.8 Å². The molecule has 0 fully saturated rings. The summed E-state index contributed by atoms with van der Waals surface area (Å²) in [7, 11) is 0. The van der Waals surface area contributed by atoms with Gasteiger partial charge < -0.3 is 10.1 Å². The maximum atomic E-state index is 5.89. The molecule has 0 aliphatic carbocycles. The Hall–Kier alpha value is -1.52. The Morgan fingerprint density at radius 2 is 1.90 bits per heavy atom. The number of benzene rings is 1. The number of nitrogens with one attached hydrogen (secondary N) is 1. The lowest BCUT2D eigenvalue weighted by Crippen LogP contribution is -2.12. The second-order valence-corrected chi connectivity index (χ2v) is 5.60. The molecule has 3 nitrogen and oxygen atoms in total. The Kier molecular flexibility index (Phi) is 6.08. The quantitative estimate of drug-likeness (QED) is 0.775. The molecule has 0 saturated carbocycles. The highest BCUT2D eigenvalue weighted by atomic mass is 32.2. The van der Waals surface area contributed by atoms with Gasteiger partial charge >= 0.3 is 0 Å². The first-order valence-electron chi connectivity index (χ1n) is 7.27. The minimum atomic E-state index is 0.666. The lowest BCUT2D eigenvalue weighted by atomic mass is 10.2. The van der Waals surface area contributed by atoms with Gasteiger partial charge in [0.15, 0.2) is 0 Å². The van der Waals surface area contributed by atoms with Gasteiger partial charge in [-0.25, -0.2) is 4.98 Å². The fourth-order valence-electron chi connectivity index (χ4n) is 1.99. The van der Waals surface area contributed by atoms with E-state index in [0.717, 1.165) is 31.0 Å². The number of aromatic nitrogens is 1. The molecule has 2 aromatic rings. The predicted molar refractivity (Wildman–Crippen MR) is 89.3 cm³/mol. The van der Waals surface area contributed by atoms with Crippen molar-refractivity contribution < 1.29 is 4.74 Å². The van der Waals surface area contributed by atoms with Crippen molar-refractivity contribution in [1.82, 2.24) is 10.3 Å². The van der Waals surface area contributed by atoms with E-state index >= 15 is 0 Å². The minimum absolute atomic E-state index is 0.666. The Labute approximate surface area is 131 Å². The molecule has 2 rings (SSSR count). The number of hydrogen-bond donors (Lipinski definition) is 1. The molecular weight excluding hydrogens is 280 g/mol. The third kappa shape index (κ3) is 4.76. The Morgan fingerprint density at radius 1 is 1.14 bits per heavy atom. The third-order valence-electron chi connectivity index (χ3n) is 3.14. The summed E-state index contributed by atoms with van der Waals surface area (Å²) >= 11 is 1.72. The van der Waals surface area contributed by atoms with Gasteiger partial charge in [-0.2, -0.15) is 0 Å². The van der Waals surface area contributed by atoms with Crippen LogP contribution in [0.3, 0.4) is 0 Å². The second-order valence-electron chi connectivity index (χ2n) is 4.72. The fraction of sp³-hybridized carbons (Fsp3) is 0.353. The first-order chi connectivity index (χ1) is 10.2. The van der Waals surface area contributed by atoms with Gasteiger partial charge in [0.25, 0.3) is 0 Å². The van der Waals surface area contributed by atoms with Gasteiger partial charge in [-0.05, 0) is 55.1 Å². The van der Waals surface area contributed by atoms with Crippen LogP contribution in [0.5, 0.6) is 11.6 Å². The first-order valence-corrected chi connectivity index (χ1v) is 8.50. The van der Waals surface area contributed by atoms with Gasteiger partial charge in [0.2, 0.25) is 5.88 Å². The van der Waals surface area contributed by atoms with Crippen LogP contribution < -0.4 is 10.1 Å². The summed E-state index contributed by atoms with van der Waals surface area (Å²) in [5.74, 6) is 1.49. The third-order valence-corrected chi connectivity index (χ3v) is 3.88. The van der Waals surface area contributed by atoms with Crippen LogP contribution in [0.4, 0.5) is 0 Å². The average Bonchev–Trinajstić information content (AvgIpc) is 2.53. The van der Waals surface area contributed by atoms with Crippen molar-refractivity contribution in [3.05, 3.63) is 47.7 Å². The zero-order valence-electron chi connectivity index (χ0n) is 12.8. The van der Waals surface area contributed by atoms with E-state index in [9.17, 15) is 0 Å². The largest absolute Gasteiger partial charge is 0.439 e. The zero-order chi connectivity index (χ0) is 15.1. The van der Waals surface area contributed by atoms with E-state index < -0.39 is 0 Å².